The van der Waals surface area contributed by atoms with Crippen LogP contribution in [0, 0.1) is 6.92 Å². The second-order valence-corrected chi connectivity index (χ2v) is 8.93. The molecule has 3 heteroatoms. The fourth-order valence-corrected chi connectivity index (χ4v) is 5.59. The molecule has 6 rings (SSSR count). The van der Waals surface area contributed by atoms with E-state index in [-0.39, 0.29) is 0 Å². The van der Waals surface area contributed by atoms with Crippen molar-refractivity contribution in [1.82, 2.24) is 0 Å². The summed E-state index contributed by atoms with van der Waals surface area (Å²) in [6.07, 6.45) is 3.35. The zero-order valence-electron chi connectivity index (χ0n) is 18.4. The molecule has 0 aliphatic carbocycles. The van der Waals surface area contributed by atoms with E-state index in [1.54, 1.807) is 0 Å². The van der Waals surface area contributed by atoms with E-state index in [1.165, 1.54) is 45.0 Å². The van der Waals surface area contributed by atoms with Gasteiger partial charge in [-0.2, -0.15) is 0 Å². The van der Waals surface area contributed by atoms with Gasteiger partial charge in [-0.1, -0.05) is 31.2 Å². The maximum Gasteiger partial charge on any atom is 0.197 e. The second kappa shape index (κ2) is 6.58. The van der Waals surface area contributed by atoms with Crippen molar-refractivity contribution in [2.45, 2.75) is 33.1 Å². The van der Waals surface area contributed by atoms with Crippen LogP contribution < -0.4 is 15.7 Å². The smallest absolute Gasteiger partial charge is 0.197 e. The molecule has 0 spiro atoms. The van der Waals surface area contributed by atoms with E-state index in [0.717, 1.165) is 52.1 Å². The molecule has 31 heavy (non-hydrogen) atoms. The van der Waals surface area contributed by atoms with Crippen molar-refractivity contribution < 1.29 is 9.83 Å². The molecule has 0 saturated heterocycles. The number of nitrogens with two attached hydrogens (primary N) is 1. The Morgan fingerprint density at radius 2 is 1.61 bits per heavy atom. The van der Waals surface area contributed by atoms with Gasteiger partial charge in [0, 0.05) is 53.0 Å². The molecule has 0 radical (unpaired) electrons. The van der Waals surface area contributed by atoms with Gasteiger partial charge in [-0.3, -0.25) is 5.41 Å². The number of fused-ring (bicyclic) bond motifs is 7. The molecule has 1 aromatic heterocycles. The van der Waals surface area contributed by atoms with Gasteiger partial charge >= 0.3 is 0 Å². The third-order valence-electron chi connectivity index (χ3n) is 7.11. The van der Waals surface area contributed by atoms with Crippen LogP contribution in [-0.4, -0.2) is 13.6 Å². The predicted octanol–water partition coefficient (Wildman–Crippen LogP) is 4.81. The van der Waals surface area contributed by atoms with E-state index in [1.807, 2.05) is 12.1 Å². The summed E-state index contributed by atoms with van der Waals surface area (Å²) in [4.78, 5) is 2.43. The SMILES string of the molecule is CCc1c2c(cc3c1ccc1c(C)c4ccc5cc(=[NH2+])ccc5c4oc13)CCCN2C. The normalized spacial score (nSPS) is 14.1. The highest BCUT2D eigenvalue weighted by Gasteiger charge is 2.21. The van der Waals surface area contributed by atoms with Gasteiger partial charge in [-0.25, -0.2) is 0 Å². The van der Waals surface area contributed by atoms with Gasteiger partial charge in [0.15, 0.2) is 5.36 Å². The van der Waals surface area contributed by atoms with Crippen molar-refractivity contribution >= 4 is 49.2 Å². The first kappa shape index (κ1) is 18.4. The number of aryl methyl sites for hydroxylation is 3. The lowest BCUT2D eigenvalue weighted by molar-refractivity contribution is -0.172. The van der Waals surface area contributed by atoms with Crippen LogP contribution >= 0.6 is 0 Å². The van der Waals surface area contributed by atoms with Crippen LogP contribution in [-0.2, 0) is 12.8 Å². The lowest BCUT2D eigenvalue weighted by atomic mass is 9.90. The summed E-state index contributed by atoms with van der Waals surface area (Å²) < 4.78 is 6.76. The molecule has 0 saturated carbocycles. The molecule has 0 atom stereocenters. The summed E-state index contributed by atoms with van der Waals surface area (Å²) >= 11 is 0. The molecule has 0 unspecified atom stereocenters. The molecule has 0 bridgehead atoms. The number of nitrogens with zero attached hydrogens (tertiary/aromatic N) is 1. The molecule has 2 N–H and O–H groups in total. The lowest BCUT2D eigenvalue weighted by Gasteiger charge is -2.31. The third kappa shape index (κ3) is 2.56. The van der Waals surface area contributed by atoms with Gasteiger partial charge < -0.3 is 9.32 Å². The zero-order chi connectivity index (χ0) is 21.3. The van der Waals surface area contributed by atoms with Gasteiger partial charge in [-0.15, -0.1) is 0 Å². The van der Waals surface area contributed by atoms with E-state index in [2.05, 4.69) is 62.2 Å². The molecule has 4 aromatic carbocycles. The third-order valence-corrected chi connectivity index (χ3v) is 7.11. The minimum atomic E-state index is 0.776. The van der Waals surface area contributed by atoms with Gasteiger partial charge in [0.1, 0.15) is 11.2 Å². The number of benzene rings is 4. The van der Waals surface area contributed by atoms with Crippen molar-refractivity contribution in [3.63, 3.8) is 0 Å². The molecule has 1 aliphatic heterocycles. The van der Waals surface area contributed by atoms with Crippen LogP contribution in [0.1, 0.15) is 30.0 Å². The zero-order valence-corrected chi connectivity index (χ0v) is 18.4. The maximum absolute atomic E-state index is 6.76. The van der Waals surface area contributed by atoms with Crippen molar-refractivity contribution in [1.29, 1.82) is 0 Å². The first-order chi connectivity index (χ1) is 15.1. The summed E-state index contributed by atoms with van der Waals surface area (Å²) in [7, 11) is 2.23. The van der Waals surface area contributed by atoms with Crippen molar-refractivity contribution in [3.8, 4) is 0 Å². The molecule has 3 nitrogen and oxygen atoms in total. The molecule has 154 valence electrons. The first-order valence-electron chi connectivity index (χ1n) is 11.2. The molecule has 2 heterocycles. The Kier molecular flexibility index (Phi) is 3.92. The average Bonchev–Trinajstić information content (AvgIpc) is 2.77. The van der Waals surface area contributed by atoms with E-state index in [9.17, 15) is 0 Å². The van der Waals surface area contributed by atoms with Crippen LogP contribution in [0.3, 0.4) is 0 Å². The highest BCUT2D eigenvalue weighted by Crippen LogP contribution is 2.41. The Morgan fingerprint density at radius 3 is 2.42 bits per heavy atom. The van der Waals surface area contributed by atoms with E-state index in [4.69, 9.17) is 9.83 Å². The Balaban J connectivity index is 1.81. The lowest BCUT2D eigenvalue weighted by Crippen LogP contribution is -2.44. The topological polar surface area (TPSA) is 42.0 Å². The Labute approximate surface area is 181 Å². The average molecular weight is 408 g/mol. The molecule has 5 aromatic rings. The van der Waals surface area contributed by atoms with Crippen molar-refractivity contribution in [2.24, 2.45) is 0 Å². The standard InChI is InChI=1S/C28H26N2O/c1-4-20-24-12-11-22-16(2)21-9-7-17-14-19(29)8-10-23(17)27(21)31-28(22)25(24)15-18-6-5-13-30(3)26(18)20/h7-12,14-15,29H,4-6,13H2,1-3H3/p+1. The quantitative estimate of drug-likeness (QED) is 0.320. The van der Waals surface area contributed by atoms with E-state index in [0.29, 0.717) is 0 Å². The Bertz CT molecular complexity index is 1590. The Hall–Kier alpha value is -3.33. The fourth-order valence-electron chi connectivity index (χ4n) is 5.59. The highest BCUT2D eigenvalue weighted by molar-refractivity contribution is 6.14. The second-order valence-electron chi connectivity index (χ2n) is 8.93. The number of rotatable bonds is 1. The van der Waals surface area contributed by atoms with Crippen LogP contribution in [0.4, 0.5) is 5.69 Å². The number of hydrogen-bond acceptors (Lipinski definition) is 2. The van der Waals surface area contributed by atoms with Crippen molar-refractivity contribution in [2.75, 3.05) is 18.5 Å². The van der Waals surface area contributed by atoms with Crippen LogP contribution in [0.5, 0.6) is 0 Å². The van der Waals surface area contributed by atoms with Gasteiger partial charge in [0.2, 0.25) is 0 Å². The number of hydrogen-bond donors (Lipinski definition) is 1. The summed E-state index contributed by atoms with van der Waals surface area (Å²) in [5.41, 5.74) is 7.53. The fraction of sp³-hybridized carbons (Fsp3) is 0.250. The summed E-state index contributed by atoms with van der Waals surface area (Å²) in [6, 6.07) is 17.3. The molecular weight excluding hydrogens is 380 g/mol. The number of anilines is 1. The molecular formula is C28H27N2O+. The first-order valence-corrected chi connectivity index (χ1v) is 11.2. The molecule has 1 aliphatic rings. The van der Waals surface area contributed by atoms with Gasteiger partial charge in [0.25, 0.3) is 0 Å². The molecule has 0 amide bonds. The summed E-state index contributed by atoms with van der Waals surface area (Å²) in [6.45, 7) is 5.60. The minimum absolute atomic E-state index is 0.776. The minimum Gasteiger partial charge on any atom is -0.455 e. The van der Waals surface area contributed by atoms with Crippen molar-refractivity contribution in [3.05, 3.63) is 70.6 Å². The summed E-state index contributed by atoms with van der Waals surface area (Å²) in [5, 5.41) is 14.0. The Morgan fingerprint density at radius 1 is 0.903 bits per heavy atom. The van der Waals surface area contributed by atoms with Crippen LogP contribution in [0.15, 0.2) is 52.9 Å². The summed E-state index contributed by atoms with van der Waals surface area (Å²) in [5.74, 6) is 0. The molecule has 0 fully saturated rings. The largest absolute Gasteiger partial charge is 0.455 e. The van der Waals surface area contributed by atoms with Gasteiger partial charge in [0.05, 0.1) is 0 Å². The maximum atomic E-state index is 6.76. The van der Waals surface area contributed by atoms with E-state index >= 15 is 0 Å². The van der Waals surface area contributed by atoms with Crippen LogP contribution in [0.2, 0.25) is 0 Å². The highest BCUT2D eigenvalue weighted by atomic mass is 16.3. The van der Waals surface area contributed by atoms with Gasteiger partial charge in [-0.05, 0) is 65.8 Å². The monoisotopic (exact) mass is 407 g/mol. The van der Waals surface area contributed by atoms with E-state index < -0.39 is 0 Å². The predicted molar refractivity (Wildman–Crippen MR) is 129 cm³/mol. The van der Waals surface area contributed by atoms with Crippen LogP contribution in [0.25, 0.3) is 43.5 Å².